The van der Waals surface area contributed by atoms with Crippen LogP contribution < -0.4 is 35.5 Å². The Kier molecular flexibility index (Phi) is 21.3. The SMILES string of the molecule is COc1ccc(CC(CC(=O)C(C)/C=C(\F)CC2CCOCN2)C(=O)NC(Cc2ccccc2)C(=O)C2(C)CO2)cc1.COc1ccc(CC(NC(=O)c2ccnc(OC)n2)C(=O)NC(Cc2ccccc2)C(=O)C2(C)CC2)cc1. The van der Waals surface area contributed by atoms with Gasteiger partial charge in [0, 0.05) is 55.4 Å². The summed E-state index contributed by atoms with van der Waals surface area (Å²) in [5, 5.41) is 11.8. The first-order chi connectivity index (χ1) is 38.5. The monoisotopic (exact) mass is 1100 g/mol. The molecule has 5 aromatic rings. The molecule has 4 aromatic carbocycles. The lowest BCUT2D eigenvalue weighted by Crippen LogP contribution is -2.54. The van der Waals surface area contributed by atoms with Crippen molar-refractivity contribution in [3.05, 3.63) is 161 Å². The fraction of sp³-hybridized carbons (Fsp3) is 0.419. The molecule has 18 heteroatoms. The summed E-state index contributed by atoms with van der Waals surface area (Å²) in [6, 6.07) is 32.5. The van der Waals surface area contributed by atoms with E-state index in [2.05, 4.69) is 31.2 Å². The van der Waals surface area contributed by atoms with Gasteiger partial charge in [0.2, 0.25) is 11.8 Å². The maximum atomic E-state index is 14.8. The maximum Gasteiger partial charge on any atom is 0.316 e. The molecule has 3 aliphatic rings. The van der Waals surface area contributed by atoms with Crippen molar-refractivity contribution in [2.45, 2.75) is 108 Å². The third-order valence-corrected chi connectivity index (χ3v) is 14.7. The van der Waals surface area contributed by atoms with Gasteiger partial charge in [-0.05, 0) is 104 Å². The van der Waals surface area contributed by atoms with E-state index < -0.39 is 58.7 Å². The Morgan fingerprint density at radius 1 is 0.700 bits per heavy atom. The number of ether oxygens (including phenoxy) is 5. The van der Waals surface area contributed by atoms with Crippen LogP contribution in [-0.4, -0.2) is 116 Å². The van der Waals surface area contributed by atoms with E-state index >= 15 is 0 Å². The zero-order valence-corrected chi connectivity index (χ0v) is 46.3. The smallest absolute Gasteiger partial charge is 0.316 e. The molecule has 2 aliphatic heterocycles. The Balaban J connectivity index is 0.000000232. The molecule has 17 nitrogen and oxygen atoms in total. The van der Waals surface area contributed by atoms with Gasteiger partial charge >= 0.3 is 6.01 Å². The van der Waals surface area contributed by atoms with Crippen LogP contribution >= 0.6 is 0 Å². The molecule has 7 unspecified atom stereocenters. The van der Waals surface area contributed by atoms with Crippen LogP contribution in [0.25, 0.3) is 0 Å². The predicted molar refractivity (Wildman–Crippen MR) is 298 cm³/mol. The first-order valence-corrected chi connectivity index (χ1v) is 27.0. The van der Waals surface area contributed by atoms with Crippen molar-refractivity contribution in [3.8, 4) is 17.5 Å². The number of halogens is 1. The standard InChI is InChI=1S/C33H41FN2O6.C29H32N4O5/c1-22(15-26(34)19-27-13-14-41-21-35-27)30(37)18-25(16-24-9-11-28(40-3)12-10-24)32(39)36-29(31(38)33(2)20-42-33)17-23-7-5-4-6-8-23;1-29(14-15-29)25(34)23(17-19-7-5-4-6-8-19)31-27(36)24(18-20-9-11-21(37-2)12-10-20)32-26(35)22-13-16-30-28(33-22)38-3/h4-12,15,22,25,27,29,35H,13-14,16-21H2,1-3H3,(H,36,39);4-13,16,23-24H,14-15,17-18H2,1-3H3,(H,31,36)(H,32,35)/b26-15-;. The number of ketones is 3. The number of benzene rings is 4. The van der Waals surface area contributed by atoms with Crippen LogP contribution in [0, 0.1) is 17.3 Å². The van der Waals surface area contributed by atoms with Crippen molar-refractivity contribution in [1.29, 1.82) is 0 Å². The number of nitrogens with zero attached hydrogens (tertiary/aromatic N) is 2. The van der Waals surface area contributed by atoms with Gasteiger partial charge in [0.25, 0.3) is 5.91 Å². The molecule has 2 saturated heterocycles. The summed E-state index contributed by atoms with van der Waals surface area (Å²) < 4.78 is 40.9. The number of nitrogens with one attached hydrogen (secondary N) is 4. The van der Waals surface area contributed by atoms with Gasteiger partial charge in [0.15, 0.2) is 11.6 Å². The number of Topliss-reactive ketones (excluding diaryl/α,β-unsaturated/α-hetero) is 3. The summed E-state index contributed by atoms with van der Waals surface area (Å²) in [5.74, 6) is -2.33. The fourth-order valence-corrected chi connectivity index (χ4v) is 9.31. The minimum Gasteiger partial charge on any atom is -0.497 e. The second kappa shape index (κ2) is 28.5. The van der Waals surface area contributed by atoms with E-state index in [1.807, 2.05) is 91.9 Å². The van der Waals surface area contributed by atoms with Gasteiger partial charge in [-0.15, -0.1) is 0 Å². The van der Waals surface area contributed by atoms with Crippen molar-refractivity contribution in [3.63, 3.8) is 0 Å². The Morgan fingerprint density at radius 3 is 1.76 bits per heavy atom. The predicted octanol–water partition coefficient (Wildman–Crippen LogP) is 7.05. The Morgan fingerprint density at radius 2 is 1.24 bits per heavy atom. The molecule has 3 amide bonds. The average molecular weight is 1100 g/mol. The highest BCUT2D eigenvalue weighted by Crippen LogP contribution is 2.46. The second-order valence-electron chi connectivity index (χ2n) is 21.1. The molecule has 1 aromatic heterocycles. The van der Waals surface area contributed by atoms with E-state index in [0.717, 1.165) is 35.1 Å². The molecule has 80 heavy (non-hydrogen) atoms. The number of hydrogen-bond donors (Lipinski definition) is 4. The quantitative estimate of drug-likeness (QED) is 0.0387. The molecule has 8 rings (SSSR count). The van der Waals surface area contributed by atoms with Crippen molar-refractivity contribution in [2.75, 3.05) is 41.3 Å². The number of methoxy groups -OCH3 is 3. The highest BCUT2D eigenvalue weighted by atomic mass is 19.1. The fourth-order valence-electron chi connectivity index (χ4n) is 9.31. The summed E-state index contributed by atoms with van der Waals surface area (Å²) in [7, 11) is 4.55. The summed E-state index contributed by atoms with van der Waals surface area (Å²) in [6.45, 7) is 6.55. The third kappa shape index (κ3) is 17.7. The van der Waals surface area contributed by atoms with E-state index in [4.69, 9.17) is 23.7 Å². The molecule has 424 valence electrons. The van der Waals surface area contributed by atoms with E-state index in [1.54, 1.807) is 52.3 Å². The van der Waals surface area contributed by atoms with Gasteiger partial charge in [-0.25, -0.2) is 9.37 Å². The van der Waals surface area contributed by atoms with Gasteiger partial charge < -0.3 is 39.6 Å². The largest absolute Gasteiger partial charge is 0.497 e. The van der Waals surface area contributed by atoms with Crippen molar-refractivity contribution >= 4 is 35.1 Å². The molecule has 1 aliphatic carbocycles. The van der Waals surface area contributed by atoms with Gasteiger partial charge in [0.1, 0.15) is 34.6 Å². The third-order valence-electron chi connectivity index (χ3n) is 14.7. The van der Waals surface area contributed by atoms with Crippen LogP contribution in [0.3, 0.4) is 0 Å². The van der Waals surface area contributed by atoms with Gasteiger partial charge in [0.05, 0.1) is 52.6 Å². The van der Waals surface area contributed by atoms with Crippen molar-refractivity contribution in [2.24, 2.45) is 17.3 Å². The molecule has 0 bridgehead atoms. The van der Waals surface area contributed by atoms with E-state index in [-0.39, 0.29) is 66.6 Å². The Hall–Kier alpha value is -7.67. The first kappa shape index (κ1) is 60.0. The Labute approximate surface area is 467 Å². The van der Waals surface area contributed by atoms with Crippen LogP contribution in [0.4, 0.5) is 4.39 Å². The zero-order valence-electron chi connectivity index (χ0n) is 46.3. The number of rotatable bonds is 27. The normalized spacial score (nSPS) is 18.9. The summed E-state index contributed by atoms with van der Waals surface area (Å²) >= 11 is 0. The van der Waals surface area contributed by atoms with E-state index in [9.17, 15) is 33.2 Å². The van der Waals surface area contributed by atoms with Gasteiger partial charge in [-0.3, -0.25) is 34.1 Å². The number of allylic oxidation sites excluding steroid dienone is 1. The lowest BCUT2D eigenvalue weighted by Gasteiger charge is -2.25. The van der Waals surface area contributed by atoms with Crippen LogP contribution in [0.5, 0.6) is 17.5 Å². The lowest BCUT2D eigenvalue weighted by atomic mass is 9.88. The minimum atomic E-state index is -0.963. The summed E-state index contributed by atoms with van der Waals surface area (Å²) in [6.07, 6.45) is 6.27. The maximum absolute atomic E-state index is 14.8. The number of epoxide rings is 1. The molecular formula is C62H73FN6O11. The van der Waals surface area contributed by atoms with Gasteiger partial charge in [-0.1, -0.05) is 98.8 Å². The van der Waals surface area contributed by atoms with Crippen molar-refractivity contribution in [1.82, 2.24) is 31.2 Å². The molecule has 7 atom stereocenters. The second-order valence-corrected chi connectivity index (χ2v) is 21.1. The molecule has 4 N–H and O–H groups in total. The number of carbonyl (C=O) groups is 6. The van der Waals surface area contributed by atoms with E-state index in [0.29, 0.717) is 50.7 Å². The molecule has 1 saturated carbocycles. The first-order valence-electron chi connectivity index (χ1n) is 27.0. The van der Waals surface area contributed by atoms with Crippen molar-refractivity contribution < 1.29 is 56.8 Å². The lowest BCUT2D eigenvalue weighted by molar-refractivity contribution is -0.134. The average Bonchev–Trinajstić information content (AvgIpc) is 4.43. The minimum absolute atomic E-state index is 0.00441. The van der Waals surface area contributed by atoms with Crippen LogP contribution in [0.1, 0.15) is 85.6 Å². The molecule has 0 spiro atoms. The highest BCUT2D eigenvalue weighted by molar-refractivity contribution is 5.99. The number of amides is 3. The van der Waals surface area contributed by atoms with E-state index in [1.165, 1.54) is 25.4 Å². The molecule has 0 radical (unpaired) electrons. The Bertz CT molecular complexity index is 2910. The number of carbonyl (C=O) groups excluding carboxylic acids is 6. The zero-order chi connectivity index (χ0) is 57.2. The van der Waals surface area contributed by atoms with Crippen LogP contribution in [0.2, 0.25) is 0 Å². The number of hydrogen-bond acceptors (Lipinski definition) is 14. The summed E-state index contributed by atoms with van der Waals surface area (Å²) in [4.78, 5) is 88.6. The van der Waals surface area contributed by atoms with Gasteiger partial charge in [-0.2, -0.15) is 4.98 Å². The molecular weight excluding hydrogens is 1020 g/mol. The number of aromatic nitrogens is 2. The van der Waals surface area contributed by atoms with Crippen LogP contribution in [-0.2, 0) is 59.1 Å². The molecule has 3 fully saturated rings. The topological polar surface area (TPSA) is 226 Å². The summed E-state index contributed by atoms with van der Waals surface area (Å²) in [5.41, 5.74) is 2.20. The van der Waals surface area contributed by atoms with Crippen LogP contribution in [0.15, 0.2) is 133 Å². The molecule has 3 heterocycles. The highest BCUT2D eigenvalue weighted by Gasteiger charge is 2.50.